The van der Waals surface area contributed by atoms with E-state index in [-0.39, 0.29) is 12.5 Å². The van der Waals surface area contributed by atoms with Crippen molar-refractivity contribution in [2.75, 3.05) is 6.61 Å². The normalized spacial score (nSPS) is 13.8. The summed E-state index contributed by atoms with van der Waals surface area (Å²) in [6.45, 7) is 4.19. The zero-order valence-corrected chi connectivity index (χ0v) is 38.7. The molecule has 338 valence electrons. The third-order valence-corrected chi connectivity index (χ3v) is 10.8. The van der Waals surface area contributed by atoms with E-state index < -0.39 is 12.1 Å². The van der Waals surface area contributed by atoms with Gasteiger partial charge in [-0.05, 0) is 77.0 Å². The first-order chi connectivity index (χ1) is 29.2. The molecule has 59 heavy (non-hydrogen) atoms. The number of carbonyl (C=O) groups is 1. The van der Waals surface area contributed by atoms with Gasteiger partial charge in [-0.25, -0.2) is 0 Å². The van der Waals surface area contributed by atoms with E-state index in [1.807, 2.05) is 6.08 Å². The molecule has 0 radical (unpaired) electrons. The van der Waals surface area contributed by atoms with E-state index in [2.05, 4.69) is 104 Å². The van der Waals surface area contributed by atoms with E-state index in [1.54, 1.807) is 6.08 Å². The molecule has 0 aromatic carbocycles. The number of amides is 1. The predicted molar refractivity (Wildman–Crippen MR) is 262 cm³/mol. The molecule has 0 heterocycles. The van der Waals surface area contributed by atoms with E-state index in [9.17, 15) is 15.0 Å². The molecule has 2 atom stereocenters. The van der Waals surface area contributed by atoms with Gasteiger partial charge in [0.25, 0.3) is 0 Å². The molecule has 4 nitrogen and oxygen atoms in total. The second kappa shape index (κ2) is 49.7. The summed E-state index contributed by atoms with van der Waals surface area (Å²) in [7, 11) is 0. The maximum atomic E-state index is 12.4. The third kappa shape index (κ3) is 46.2. The first kappa shape index (κ1) is 56.3. The minimum Gasteiger partial charge on any atom is -0.394 e. The molecule has 4 heteroatoms. The van der Waals surface area contributed by atoms with E-state index >= 15 is 0 Å². The quantitative estimate of drug-likeness (QED) is 0.0424. The Morgan fingerprint density at radius 3 is 1.12 bits per heavy atom. The highest BCUT2D eigenvalue weighted by Gasteiger charge is 2.17. The van der Waals surface area contributed by atoms with E-state index in [1.165, 1.54) is 122 Å². The van der Waals surface area contributed by atoms with Gasteiger partial charge in [0.15, 0.2) is 0 Å². The molecule has 0 rings (SSSR count). The molecule has 0 saturated carbocycles. The highest BCUT2D eigenvalue weighted by atomic mass is 16.3. The average Bonchev–Trinajstić information content (AvgIpc) is 3.24. The summed E-state index contributed by atoms with van der Waals surface area (Å²) >= 11 is 0. The van der Waals surface area contributed by atoms with Crippen molar-refractivity contribution in [2.24, 2.45) is 0 Å². The minimum atomic E-state index is -0.855. The van der Waals surface area contributed by atoms with Crippen molar-refractivity contribution >= 4 is 5.91 Å². The number of aliphatic hydroxyl groups excluding tert-OH is 2. The zero-order chi connectivity index (χ0) is 42.8. The van der Waals surface area contributed by atoms with Crippen LogP contribution in [0.15, 0.2) is 97.2 Å². The fraction of sp³-hybridized carbons (Fsp3) is 0.691. The summed E-state index contributed by atoms with van der Waals surface area (Å²) in [5, 5.41) is 23.1. The minimum absolute atomic E-state index is 0.0858. The van der Waals surface area contributed by atoms with Gasteiger partial charge in [0, 0.05) is 6.42 Å². The molecular formula is C55H95NO3. The Balaban J connectivity index is 3.66. The van der Waals surface area contributed by atoms with Crippen molar-refractivity contribution in [1.29, 1.82) is 0 Å². The number of nitrogens with one attached hydrogen (secondary N) is 1. The average molecular weight is 818 g/mol. The molecule has 0 aliphatic rings. The van der Waals surface area contributed by atoms with Gasteiger partial charge in [-0.3, -0.25) is 4.79 Å². The summed E-state index contributed by atoms with van der Waals surface area (Å²) in [5.41, 5.74) is 0. The number of unbranched alkanes of at least 4 members (excludes halogenated alkanes) is 23. The number of aliphatic hydroxyl groups is 2. The topological polar surface area (TPSA) is 69.6 Å². The molecule has 3 N–H and O–H groups in total. The van der Waals surface area contributed by atoms with Gasteiger partial charge in [0.05, 0.1) is 18.8 Å². The molecule has 0 bridgehead atoms. The number of allylic oxidation sites excluding steroid dienone is 15. The Hall–Kier alpha value is -2.69. The molecule has 1 amide bonds. The van der Waals surface area contributed by atoms with E-state index in [0.717, 1.165) is 83.5 Å². The fourth-order valence-corrected chi connectivity index (χ4v) is 7.04. The maximum absolute atomic E-state index is 12.4. The lowest BCUT2D eigenvalue weighted by Gasteiger charge is -2.20. The van der Waals surface area contributed by atoms with Crippen molar-refractivity contribution < 1.29 is 15.0 Å². The van der Waals surface area contributed by atoms with Crippen LogP contribution in [0.2, 0.25) is 0 Å². The van der Waals surface area contributed by atoms with Crippen LogP contribution >= 0.6 is 0 Å². The van der Waals surface area contributed by atoms with Crippen molar-refractivity contribution in [2.45, 2.75) is 238 Å². The van der Waals surface area contributed by atoms with Gasteiger partial charge in [-0.1, -0.05) is 239 Å². The Morgan fingerprint density at radius 2 is 0.746 bits per heavy atom. The van der Waals surface area contributed by atoms with Gasteiger partial charge in [-0.15, -0.1) is 0 Å². The van der Waals surface area contributed by atoms with Crippen LogP contribution in [-0.2, 0) is 4.79 Å². The summed E-state index contributed by atoms with van der Waals surface area (Å²) in [5.74, 6) is -0.0858. The van der Waals surface area contributed by atoms with E-state index in [0.29, 0.717) is 6.42 Å². The van der Waals surface area contributed by atoms with Crippen molar-refractivity contribution in [1.82, 2.24) is 5.32 Å². The van der Waals surface area contributed by atoms with E-state index in [4.69, 9.17) is 0 Å². The number of hydrogen-bond donors (Lipinski definition) is 3. The first-order valence-corrected chi connectivity index (χ1v) is 25.0. The first-order valence-electron chi connectivity index (χ1n) is 25.0. The Kier molecular flexibility index (Phi) is 47.4. The van der Waals surface area contributed by atoms with Crippen LogP contribution in [0.4, 0.5) is 0 Å². The Morgan fingerprint density at radius 1 is 0.424 bits per heavy atom. The number of rotatable bonds is 44. The molecule has 0 fully saturated rings. The molecule has 2 unspecified atom stereocenters. The molecule has 0 spiro atoms. The van der Waals surface area contributed by atoms with Crippen LogP contribution in [0.3, 0.4) is 0 Å². The second-order valence-electron chi connectivity index (χ2n) is 16.5. The lowest BCUT2D eigenvalue weighted by atomic mass is 10.0. The van der Waals surface area contributed by atoms with Crippen LogP contribution < -0.4 is 5.32 Å². The highest BCUT2D eigenvalue weighted by molar-refractivity contribution is 5.76. The standard InChI is InChI=1S/C55H95NO3/c1-3-5-7-9-11-13-15-17-19-21-23-25-26-27-28-29-30-31-33-35-37-39-41-43-45-47-49-51-55(59)56-53(52-57)54(58)50-48-46-44-42-40-38-36-34-32-24-22-20-18-16-14-12-10-8-6-4-2/h5,7,11,13,17,19,23,25,27-28,30-31,35,37,48,50,53-54,57-58H,3-4,6,8-10,12,14-16,18,20-22,24,26,29,32-34,36,38-47,49,51-52H2,1-2H3,(H,56,59)/b7-5-,13-11-,19-17-,25-23-,28-27-,31-30-,37-35-,50-48+. The monoisotopic (exact) mass is 818 g/mol. The van der Waals surface area contributed by atoms with Gasteiger partial charge < -0.3 is 15.5 Å². The van der Waals surface area contributed by atoms with Crippen molar-refractivity contribution in [3.05, 3.63) is 97.2 Å². The van der Waals surface area contributed by atoms with Crippen LogP contribution in [0, 0.1) is 0 Å². The molecule has 0 aliphatic carbocycles. The van der Waals surface area contributed by atoms with Gasteiger partial charge in [-0.2, -0.15) is 0 Å². The van der Waals surface area contributed by atoms with Gasteiger partial charge in [0.1, 0.15) is 0 Å². The highest BCUT2D eigenvalue weighted by Crippen LogP contribution is 2.15. The smallest absolute Gasteiger partial charge is 0.220 e. The predicted octanol–water partition coefficient (Wildman–Crippen LogP) is 16.2. The second-order valence-corrected chi connectivity index (χ2v) is 16.5. The van der Waals surface area contributed by atoms with Gasteiger partial charge in [0.2, 0.25) is 5.91 Å². The molecule has 0 aliphatic heterocycles. The zero-order valence-electron chi connectivity index (χ0n) is 38.7. The molecule has 0 aromatic heterocycles. The number of hydrogen-bond acceptors (Lipinski definition) is 3. The summed E-state index contributed by atoms with van der Waals surface area (Å²) in [6.07, 6.45) is 73.8. The van der Waals surface area contributed by atoms with Crippen LogP contribution in [0.1, 0.15) is 226 Å². The Labute approximate surface area is 366 Å². The van der Waals surface area contributed by atoms with Crippen LogP contribution in [0.25, 0.3) is 0 Å². The van der Waals surface area contributed by atoms with Gasteiger partial charge >= 0.3 is 0 Å². The van der Waals surface area contributed by atoms with Crippen LogP contribution in [-0.4, -0.2) is 34.9 Å². The number of carbonyl (C=O) groups excluding carboxylic acids is 1. The SMILES string of the molecule is CC/C=C\C/C=C\C/C=C\C/C=C\C/C=C\C/C=C\C/C=C\CCCCCCCC(=O)NC(CO)C(O)/C=C/CCCCCCCCCCCCCCCCCCCC. The van der Waals surface area contributed by atoms with Crippen LogP contribution in [0.5, 0.6) is 0 Å². The Bertz CT molecular complexity index is 1110. The lowest BCUT2D eigenvalue weighted by Crippen LogP contribution is -2.45. The van der Waals surface area contributed by atoms with Crippen molar-refractivity contribution in [3.8, 4) is 0 Å². The molecular weight excluding hydrogens is 723 g/mol. The fourth-order valence-electron chi connectivity index (χ4n) is 7.04. The summed E-state index contributed by atoms with van der Waals surface area (Å²) < 4.78 is 0. The third-order valence-electron chi connectivity index (χ3n) is 10.8. The lowest BCUT2D eigenvalue weighted by molar-refractivity contribution is -0.123. The molecule has 0 aromatic rings. The largest absolute Gasteiger partial charge is 0.394 e. The summed E-state index contributed by atoms with van der Waals surface area (Å²) in [4.78, 5) is 12.4. The summed E-state index contributed by atoms with van der Waals surface area (Å²) in [6, 6.07) is -0.640. The molecule has 0 saturated heterocycles. The van der Waals surface area contributed by atoms with Crippen molar-refractivity contribution in [3.63, 3.8) is 0 Å². The maximum Gasteiger partial charge on any atom is 0.220 e.